The Morgan fingerprint density at radius 1 is 1.08 bits per heavy atom. The molecule has 0 bridgehead atoms. The zero-order valence-corrected chi connectivity index (χ0v) is 14.6. The Morgan fingerprint density at radius 3 is 2.65 bits per heavy atom. The Labute approximate surface area is 153 Å². The number of amides is 1. The molecule has 3 aromatic rings. The van der Waals surface area contributed by atoms with Gasteiger partial charge in [0.15, 0.2) is 0 Å². The molecular formula is C22H20N2O2. The highest BCUT2D eigenvalue weighted by molar-refractivity contribution is 6.02. The first kappa shape index (κ1) is 17.4. The van der Waals surface area contributed by atoms with Gasteiger partial charge in [-0.15, -0.1) is 0 Å². The molecule has 130 valence electrons. The molecule has 0 fully saturated rings. The van der Waals surface area contributed by atoms with E-state index in [1.165, 1.54) is 6.08 Å². The molecule has 3 rings (SSSR count). The third kappa shape index (κ3) is 5.05. The number of benzene rings is 2. The molecule has 0 aliphatic carbocycles. The second-order valence-electron chi connectivity index (χ2n) is 5.85. The van der Waals surface area contributed by atoms with Crippen molar-refractivity contribution in [3.8, 4) is 5.75 Å². The van der Waals surface area contributed by atoms with Crippen LogP contribution in [0.4, 0.5) is 5.69 Å². The Morgan fingerprint density at radius 2 is 1.88 bits per heavy atom. The van der Waals surface area contributed by atoms with Crippen LogP contribution in [-0.4, -0.2) is 10.9 Å². The van der Waals surface area contributed by atoms with E-state index in [2.05, 4.69) is 10.3 Å². The molecule has 2 aromatic carbocycles. The summed E-state index contributed by atoms with van der Waals surface area (Å²) in [4.78, 5) is 16.4. The molecule has 0 saturated carbocycles. The van der Waals surface area contributed by atoms with Gasteiger partial charge in [0, 0.05) is 12.3 Å². The number of ether oxygens (including phenoxy) is 1. The average molecular weight is 344 g/mol. The van der Waals surface area contributed by atoms with Crippen LogP contribution in [0.3, 0.4) is 0 Å². The lowest BCUT2D eigenvalue weighted by Crippen LogP contribution is -2.09. The van der Waals surface area contributed by atoms with Crippen molar-refractivity contribution in [1.82, 2.24) is 4.98 Å². The normalized spacial score (nSPS) is 10.7. The molecule has 0 atom stereocenters. The van der Waals surface area contributed by atoms with Crippen molar-refractivity contribution in [3.05, 3.63) is 95.8 Å². The van der Waals surface area contributed by atoms with Gasteiger partial charge in [-0.25, -0.2) is 0 Å². The number of hydrogen-bond acceptors (Lipinski definition) is 3. The summed E-state index contributed by atoms with van der Waals surface area (Å²) in [6.07, 6.45) is 4.82. The van der Waals surface area contributed by atoms with Gasteiger partial charge in [-0.2, -0.15) is 0 Å². The number of nitrogens with one attached hydrogen (secondary N) is 1. The summed E-state index contributed by atoms with van der Waals surface area (Å²) in [5.41, 5.74) is 3.51. The number of nitrogens with zero attached hydrogens (tertiary/aromatic N) is 1. The number of carbonyl (C=O) groups is 1. The van der Waals surface area contributed by atoms with Crippen molar-refractivity contribution in [3.63, 3.8) is 0 Å². The van der Waals surface area contributed by atoms with Gasteiger partial charge in [0.25, 0.3) is 0 Å². The maximum atomic E-state index is 12.2. The Balaban J connectivity index is 1.69. The fourth-order valence-corrected chi connectivity index (χ4v) is 2.40. The van der Waals surface area contributed by atoms with E-state index in [9.17, 15) is 4.79 Å². The minimum absolute atomic E-state index is 0.232. The quantitative estimate of drug-likeness (QED) is 0.664. The Kier molecular flexibility index (Phi) is 5.78. The SMILES string of the molecule is Cc1ccc(NC(=O)C=Cc2ccccn2)c(OCc2ccccc2)c1. The van der Waals surface area contributed by atoms with Crippen LogP contribution in [0.1, 0.15) is 16.8 Å². The van der Waals surface area contributed by atoms with Gasteiger partial charge in [-0.05, 0) is 48.4 Å². The Bertz CT molecular complexity index is 891. The fourth-order valence-electron chi connectivity index (χ4n) is 2.40. The number of aromatic nitrogens is 1. The third-order valence-corrected chi connectivity index (χ3v) is 3.73. The second kappa shape index (κ2) is 8.62. The summed E-state index contributed by atoms with van der Waals surface area (Å²) in [5.74, 6) is 0.414. The Hall–Kier alpha value is -3.40. The van der Waals surface area contributed by atoms with Gasteiger partial charge in [0.2, 0.25) is 5.91 Å². The van der Waals surface area contributed by atoms with Gasteiger partial charge in [-0.1, -0.05) is 42.5 Å². The van der Waals surface area contributed by atoms with E-state index >= 15 is 0 Å². The van der Waals surface area contributed by atoms with E-state index in [-0.39, 0.29) is 5.91 Å². The molecule has 0 saturated heterocycles. The summed E-state index contributed by atoms with van der Waals surface area (Å²) in [7, 11) is 0. The first-order chi connectivity index (χ1) is 12.7. The van der Waals surface area contributed by atoms with E-state index in [1.807, 2.05) is 73.7 Å². The van der Waals surface area contributed by atoms with Crippen LogP contribution in [0.15, 0.2) is 79.0 Å². The number of pyridine rings is 1. The average Bonchev–Trinajstić information content (AvgIpc) is 2.68. The monoisotopic (exact) mass is 344 g/mol. The lowest BCUT2D eigenvalue weighted by molar-refractivity contribution is -0.111. The second-order valence-corrected chi connectivity index (χ2v) is 5.85. The van der Waals surface area contributed by atoms with Crippen LogP contribution < -0.4 is 10.1 Å². The number of rotatable bonds is 6. The van der Waals surface area contributed by atoms with E-state index in [0.29, 0.717) is 18.0 Å². The molecule has 0 aliphatic rings. The number of hydrogen-bond donors (Lipinski definition) is 1. The zero-order valence-electron chi connectivity index (χ0n) is 14.6. The topological polar surface area (TPSA) is 51.2 Å². The van der Waals surface area contributed by atoms with E-state index in [4.69, 9.17) is 4.74 Å². The lowest BCUT2D eigenvalue weighted by atomic mass is 10.2. The van der Waals surface area contributed by atoms with Gasteiger partial charge in [0.05, 0.1) is 11.4 Å². The maximum Gasteiger partial charge on any atom is 0.248 e. The predicted octanol–water partition coefficient (Wildman–Crippen LogP) is 4.62. The summed E-state index contributed by atoms with van der Waals surface area (Å²) >= 11 is 0. The van der Waals surface area contributed by atoms with Crippen LogP contribution >= 0.6 is 0 Å². The highest BCUT2D eigenvalue weighted by atomic mass is 16.5. The molecule has 1 N–H and O–H groups in total. The number of carbonyl (C=O) groups excluding carboxylic acids is 1. The fraction of sp³-hybridized carbons (Fsp3) is 0.0909. The van der Waals surface area contributed by atoms with Crippen molar-refractivity contribution >= 4 is 17.7 Å². The van der Waals surface area contributed by atoms with Crippen LogP contribution in [0.2, 0.25) is 0 Å². The molecule has 4 nitrogen and oxygen atoms in total. The van der Waals surface area contributed by atoms with Crippen molar-refractivity contribution in [2.45, 2.75) is 13.5 Å². The van der Waals surface area contributed by atoms with Crippen molar-refractivity contribution in [2.24, 2.45) is 0 Å². The molecule has 1 aromatic heterocycles. The smallest absolute Gasteiger partial charge is 0.248 e. The minimum Gasteiger partial charge on any atom is -0.487 e. The first-order valence-corrected chi connectivity index (χ1v) is 8.38. The highest BCUT2D eigenvalue weighted by Crippen LogP contribution is 2.26. The summed E-state index contributed by atoms with van der Waals surface area (Å²) in [6.45, 7) is 2.43. The zero-order chi connectivity index (χ0) is 18.2. The third-order valence-electron chi connectivity index (χ3n) is 3.73. The molecule has 0 radical (unpaired) electrons. The molecular weight excluding hydrogens is 324 g/mol. The molecule has 0 spiro atoms. The van der Waals surface area contributed by atoms with Crippen LogP contribution in [0.5, 0.6) is 5.75 Å². The van der Waals surface area contributed by atoms with Crippen molar-refractivity contribution < 1.29 is 9.53 Å². The van der Waals surface area contributed by atoms with E-state index < -0.39 is 0 Å². The lowest BCUT2D eigenvalue weighted by Gasteiger charge is -2.13. The molecule has 26 heavy (non-hydrogen) atoms. The highest BCUT2D eigenvalue weighted by Gasteiger charge is 2.07. The van der Waals surface area contributed by atoms with E-state index in [0.717, 1.165) is 16.8 Å². The minimum atomic E-state index is -0.232. The van der Waals surface area contributed by atoms with Gasteiger partial charge in [-0.3, -0.25) is 9.78 Å². The van der Waals surface area contributed by atoms with Crippen LogP contribution in [-0.2, 0) is 11.4 Å². The molecule has 1 amide bonds. The standard InChI is InChI=1S/C22H20N2O2/c1-17-10-12-20(21(15-17)26-16-18-7-3-2-4-8-18)24-22(25)13-11-19-9-5-6-14-23-19/h2-15H,16H2,1H3,(H,24,25). The maximum absolute atomic E-state index is 12.2. The molecule has 0 aliphatic heterocycles. The predicted molar refractivity (Wildman–Crippen MR) is 104 cm³/mol. The van der Waals surface area contributed by atoms with Crippen molar-refractivity contribution in [1.29, 1.82) is 0 Å². The summed E-state index contributed by atoms with van der Waals surface area (Å²) < 4.78 is 5.92. The van der Waals surface area contributed by atoms with Crippen LogP contribution in [0, 0.1) is 6.92 Å². The largest absolute Gasteiger partial charge is 0.487 e. The number of aryl methyl sites for hydroxylation is 1. The summed E-state index contributed by atoms with van der Waals surface area (Å²) in [5, 5.41) is 2.87. The van der Waals surface area contributed by atoms with E-state index in [1.54, 1.807) is 12.3 Å². The number of anilines is 1. The molecule has 4 heteroatoms. The van der Waals surface area contributed by atoms with Gasteiger partial charge in [0.1, 0.15) is 12.4 Å². The summed E-state index contributed by atoms with van der Waals surface area (Å²) in [6, 6.07) is 21.2. The molecule has 1 heterocycles. The molecule has 0 unspecified atom stereocenters. The first-order valence-electron chi connectivity index (χ1n) is 8.38. The van der Waals surface area contributed by atoms with Gasteiger partial charge >= 0.3 is 0 Å². The van der Waals surface area contributed by atoms with Crippen molar-refractivity contribution in [2.75, 3.05) is 5.32 Å². The van der Waals surface area contributed by atoms with Crippen LogP contribution in [0.25, 0.3) is 6.08 Å². The van der Waals surface area contributed by atoms with Gasteiger partial charge < -0.3 is 10.1 Å².